The Labute approximate surface area is 116 Å². The van der Waals surface area contributed by atoms with Crippen molar-refractivity contribution in [2.24, 2.45) is 13.0 Å². The zero-order valence-electron chi connectivity index (χ0n) is 12.7. The summed E-state index contributed by atoms with van der Waals surface area (Å²) in [5, 5.41) is 8.16. The zero-order chi connectivity index (χ0) is 13.8. The van der Waals surface area contributed by atoms with Crippen molar-refractivity contribution < 1.29 is 4.74 Å². The fourth-order valence-electron chi connectivity index (χ4n) is 3.17. The van der Waals surface area contributed by atoms with E-state index in [4.69, 9.17) is 4.74 Å². The molecule has 0 spiro atoms. The van der Waals surface area contributed by atoms with Gasteiger partial charge in [0, 0.05) is 19.6 Å². The van der Waals surface area contributed by atoms with Gasteiger partial charge in [-0.3, -0.25) is 0 Å². The van der Waals surface area contributed by atoms with Crippen LogP contribution < -0.4 is 10.1 Å². The van der Waals surface area contributed by atoms with E-state index in [0.29, 0.717) is 6.04 Å². The van der Waals surface area contributed by atoms with Crippen molar-refractivity contribution in [2.75, 3.05) is 7.11 Å². The number of ether oxygens (including phenoxy) is 1. The highest BCUT2D eigenvalue weighted by Gasteiger charge is 2.21. The van der Waals surface area contributed by atoms with Gasteiger partial charge in [-0.15, -0.1) is 0 Å². The lowest BCUT2D eigenvalue weighted by Gasteiger charge is -2.23. The molecule has 0 saturated heterocycles. The average Bonchev–Trinajstić information content (AvgIpc) is 2.53. The molecule has 4 nitrogen and oxygen atoms in total. The second-order valence-corrected chi connectivity index (χ2v) is 5.80. The molecule has 1 fully saturated rings. The summed E-state index contributed by atoms with van der Waals surface area (Å²) < 4.78 is 7.27. The maximum Gasteiger partial charge on any atom is 0.216 e. The first-order valence-corrected chi connectivity index (χ1v) is 7.43. The third-order valence-electron chi connectivity index (χ3n) is 4.38. The van der Waals surface area contributed by atoms with Crippen LogP contribution >= 0.6 is 0 Å². The van der Waals surface area contributed by atoms with E-state index < -0.39 is 0 Å². The highest BCUT2D eigenvalue weighted by molar-refractivity contribution is 5.30. The first-order chi connectivity index (χ1) is 9.13. The van der Waals surface area contributed by atoms with Crippen molar-refractivity contribution in [2.45, 2.75) is 58.5 Å². The molecule has 0 radical (unpaired) electrons. The van der Waals surface area contributed by atoms with Crippen LogP contribution in [0.4, 0.5) is 0 Å². The second-order valence-electron chi connectivity index (χ2n) is 5.80. The maximum absolute atomic E-state index is 5.45. The first kappa shape index (κ1) is 14.4. The van der Waals surface area contributed by atoms with E-state index >= 15 is 0 Å². The van der Waals surface area contributed by atoms with Crippen molar-refractivity contribution >= 4 is 0 Å². The standard InChI is InChI=1S/C15H27N3O/c1-11-8-6-5-7-9-14(11)16-10-13-12(2)17-18(3)15(13)19-4/h11,14,16H,5-10H2,1-4H3. The number of aryl methyl sites for hydroxylation is 2. The molecule has 4 heteroatoms. The summed E-state index contributed by atoms with van der Waals surface area (Å²) in [6, 6.07) is 0.631. The van der Waals surface area contributed by atoms with Gasteiger partial charge in [-0.2, -0.15) is 5.10 Å². The fourth-order valence-corrected chi connectivity index (χ4v) is 3.17. The molecular weight excluding hydrogens is 238 g/mol. The minimum absolute atomic E-state index is 0.631. The molecule has 1 N–H and O–H groups in total. The molecule has 0 bridgehead atoms. The molecule has 2 rings (SSSR count). The number of aromatic nitrogens is 2. The molecule has 0 aliphatic heterocycles. The molecule has 2 unspecified atom stereocenters. The lowest BCUT2D eigenvalue weighted by Crippen LogP contribution is -2.34. The smallest absolute Gasteiger partial charge is 0.216 e. The molecule has 1 aromatic heterocycles. The predicted molar refractivity (Wildman–Crippen MR) is 77.4 cm³/mol. The van der Waals surface area contributed by atoms with Crippen molar-refractivity contribution in [3.8, 4) is 5.88 Å². The summed E-state index contributed by atoms with van der Waals surface area (Å²) in [6.07, 6.45) is 6.77. The van der Waals surface area contributed by atoms with E-state index in [9.17, 15) is 0 Å². The molecule has 1 heterocycles. The van der Waals surface area contributed by atoms with Crippen LogP contribution in [0.25, 0.3) is 0 Å². The van der Waals surface area contributed by atoms with Crippen LogP contribution in [0.1, 0.15) is 50.3 Å². The predicted octanol–water partition coefficient (Wildman–Crippen LogP) is 2.80. The molecule has 108 valence electrons. The van der Waals surface area contributed by atoms with E-state index in [2.05, 4.69) is 24.3 Å². The Kier molecular flexibility index (Phi) is 4.86. The Hall–Kier alpha value is -1.03. The van der Waals surface area contributed by atoms with E-state index in [-0.39, 0.29) is 0 Å². The summed E-state index contributed by atoms with van der Waals surface area (Å²) in [5.74, 6) is 1.65. The summed E-state index contributed by atoms with van der Waals surface area (Å²) in [4.78, 5) is 0. The van der Waals surface area contributed by atoms with E-state index in [0.717, 1.165) is 24.0 Å². The molecular formula is C15H27N3O. The van der Waals surface area contributed by atoms with Gasteiger partial charge in [0.25, 0.3) is 0 Å². The lowest BCUT2D eigenvalue weighted by molar-refractivity contribution is 0.344. The van der Waals surface area contributed by atoms with Crippen LogP contribution in [-0.4, -0.2) is 22.9 Å². The quantitative estimate of drug-likeness (QED) is 0.851. The van der Waals surface area contributed by atoms with E-state index in [1.165, 1.54) is 37.7 Å². The summed E-state index contributed by atoms with van der Waals surface area (Å²) in [7, 11) is 3.65. The number of nitrogens with zero attached hydrogens (tertiary/aromatic N) is 2. The SMILES string of the molecule is COc1c(CNC2CCCCCC2C)c(C)nn1C. The van der Waals surface area contributed by atoms with Crippen LogP contribution in [0.15, 0.2) is 0 Å². The first-order valence-electron chi connectivity index (χ1n) is 7.43. The largest absolute Gasteiger partial charge is 0.481 e. The van der Waals surface area contributed by atoms with Crippen LogP contribution in [0.2, 0.25) is 0 Å². The van der Waals surface area contributed by atoms with Gasteiger partial charge in [0.05, 0.1) is 18.4 Å². The van der Waals surface area contributed by atoms with Gasteiger partial charge in [0.1, 0.15) is 0 Å². The average molecular weight is 265 g/mol. The number of hydrogen-bond donors (Lipinski definition) is 1. The molecule has 1 aromatic rings. The second kappa shape index (κ2) is 6.42. The highest BCUT2D eigenvalue weighted by Crippen LogP contribution is 2.25. The molecule has 1 aliphatic rings. The van der Waals surface area contributed by atoms with Gasteiger partial charge in [0.15, 0.2) is 0 Å². The molecule has 19 heavy (non-hydrogen) atoms. The maximum atomic E-state index is 5.45. The van der Waals surface area contributed by atoms with Crippen LogP contribution in [0.5, 0.6) is 5.88 Å². The van der Waals surface area contributed by atoms with Gasteiger partial charge >= 0.3 is 0 Å². The summed E-state index contributed by atoms with van der Waals surface area (Å²) in [5.41, 5.74) is 2.26. The number of hydrogen-bond acceptors (Lipinski definition) is 3. The van der Waals surface area contributed by atoms with E-state index in [1.807, 2.05) is 11.7 Å². The molecule has 0 amide bonds. The molecule has 2 atom stereocenters. The van der Waals surface area contributed by atoms with Crippen molar-refractivity contribution in [3.05, 3.63) is 11.3 Å². The Bertz CT molecular complexity index is 414. The minimum Gasteiger partial charge on any atom is -0.481 e. The Morgan fingerprint density at radius 3 is 2.79 bits per heavy atom. The van der Waals surface area contributed by atoms with Crippen LogP contribution in [0.3, 0.4) is 0 Å². The third-order valence-corrected chi connectivity index (χ3v) is 4.38. The van der Waals surface area contributed by atoms with Crippen LogP contribution in [0, 0.1) is 12.8 Å². The Morgan fingerprint density at radius 2 is 2.05 bits per heavy atom. The highest BCUT2D eigenvalue weighted by atomic mass is 16.5. The summed E-state index contributed by atoms with van der Waals surface area (Å²) in [6.45, 7) is 5.28. The molecule has 0 aromatic carbocycles. The molecule has 1 aliphatic carbocycles. The van der Waals surface area contributed by atoms with Gasteiger partial charge in [-0.1, -0.05) is 26.2 Å². The number of nitrogens with one attached hydrogen (secondary N) is 1. The zero-order valence-corrected chi connectivity index (χ0v) is 12.7. The van der Waals surface area contributed by atoms with Crippen LogP contribution in [-0.2, 0) is 13.6 Å². The Morgan fingerprint density at radius 1 is 1.32 bits per heavy atom. The lowest BCUT2D eigenvalue weighted by atomic mass is 9.97. The number of methoxy groups -OCH3 is 1. The van der Waals surface area contributed by atoms with Crippen molar-refractivity contribution in [1.82, 2.24) is 15.1 Å². The third kappa shape index (κ3) is 3.30. The van der Waals surface area contributed by atoms with Gasteiger partial charge in [-0.25, -0.2) is 4.68 Å². The van der Waals surface area contributed by atoms with Gasteiger partial charge in [0.2, 0.25) is 5.88 Å². The summed E-state index contributed by atoms with van der Waals surface area (Å²) >= 11 is 0. The fraction of sp³-hybridized carbons (Fsp3) is 0.800. The van der Waals surface area contributed by atoms with Gasteiger partial charge < -0.3 is 10.1 Å². The minimum atomic E-state index is 0.631. The normalized spacial score (nSPS) is 24.2. The molecule has 1 saturated carbocycles. The number of rotatable bonds is 4. The van der Waals surface area contributed by atoms with Gasteiger partial charge in [-0.05, 0) is 25.7 Å². The van der Waals surface area contributed by atoms with Crippen molar-refractivity contribution in [3.63, 3.8) is 0 Å². The van der Waals surface area contributed by atoms with Crippen molar-refractivity contribution in [1.29, 1.82) is 0 Å². The van der Waals surface area contributed by atoms with E-state index in [1.54, 1.807) is 7.11 Å². The Balaban J connectivity index is 2.01. The monoisotopic (exact) mass is 265 g/mol. The topological polar surface area (TPSA) is 39.1 Å².